The molecule has 0 aliphatic carbocycles. The summed E-state index contributed by atoms with van der Waals surface area (Å²) in [5, 5.41) is 4.17. The van der Waals surface area contributed by atoms with Gasteiger partial charge in [-0.3, -0.25) is 14.4 Å². The number of imide groups is 1. The van der Waals surface area contributed by atoms with Crippen molar-refractivity contribution >= 4 is 23.7 Å². The van der Waals surface area contributed by atoms with Crippen molar-refractivity contribution in [3.63, 3.8) is 0 Å². The monoisotopic (exact) mass is 360 g/mol. The molecule has 2 saturated heterocycles. The van der Waals surface area contributed by atoms with Gasteiger partial charge >= 0.3 is 6.03 Å². The van der Waals surface area contributed by atoms with E-state index in [0.29, 0.717) is 17.9 Å². The van der Waals surface area contributed by atoms with Crippen molar-refractivity contribution in [2.24, 2.45) is 7.05 Å². The molecule has 2 aliphatic rings. The standard InChI is InChI=1S/C17H17FN4O2S/c1-20-9-12(8-19-20)15(11-2-4-13(18)5-3-11)22-16(23)14-10-25-7-6-21(14)17(22)24/h2-5,8-9,14-15H,6-7,10H2,1H3. The summed E-state index contributed by atoms with van der Waals surface area (Å²) in [6.07, 6.45) is 3.42. The Hall–Kier alpha value is -2.35. The number of hydrogen-bond acceptors (Lipinski definition) is 4. The topological polar surface area (TPSA) is 58.4 Å². The molecule has 1 aromatic heterocycles. The van der Waals surface area contributed by atoms with Gasteiger partial charge in [0.1, 0.15) is 11.9 Å². The van der Waals surface area contributed by atoms with E-state index >= 15 is 0 Å². The highest BCUT2D eigenvalue weighted by Gasteiger charge is 2.49. The van der Waals surface area contributed by atoms with Crippen LogP contribution in [-0.2, 0) is 11.8 Å². The predicted octanol–water partition coefficient (Wildman–Crippen LogP) is 2.03. The zero-order valence-corrected chi connectivity index (χ0v) is 14.4. The van der Waals surface area contributed by atoms with Crippen molar-refractivity contribution in [3.8, 4) is 0 Å². The van der Waals surface area contributed by atoms with E-state index in [0.717, 1.165) is 11.3 Å². The maximum atomic E-state index is 13.4. The summed E-state index contributed by atoms with van der Waals surface area (Å²) in [4.78, 5) is 28.8. The van der Waals surface area contributed by atoms with Crippen LogP contribution in [-0.4, -0.2) is 55.6 Å². The Balaban J connectivity index is 1.79. The maximum absolute atomic E-state index is 13.4. The van der Waals surface area contributed by atoms with Crippen molar-refractivity contribution in [2.45, 2.75) is 12.1 Å². The third kappa shape index (κ3) is 2.70. The fraction of sp³-hybridized carbons (Fsp3) is 0.353. The Bertz CT molecular complexity index is 798. The third-order valence-corrected chi connectivity index (χ3v) is 5.61. The highest BCUT2D eigenvalue weighted by molar-refractivity contribution is 7.99. The first-order valence-corrected chi connectivity index (χ1v) is 9.17. The second-order valence-corrected chi connectivity index (χ2v) is 7.33. The van der Waals surface area contributed by atoms with Crippen molar-refractivity contribution in [1.82, 2.24) is 19.6 Å². The molecular weight excluding hydrogens is 343 g/mol. The summed E-state index contributed by atoms with van der Waals surface area (Å²) in [5.74, 6) is 0.888. The SMILES string of the molecule is Cn1cc(C(c2ccc(F)cc2)N2C(=O)C3CSCCN3C2=O)cn1. The van der Waals surface area contributed by atoms with Gasteiger partial charge in [0.2, 0.25) is 0 Å². The molecule has 2 aromatic rings. The Labute approximate surface area is 148 Å². The number of hydrogen-bond donors (Lipinski definition) is 0. The van der Waals surface area contributed by atoms with Gasteiger partial charge in [0.05, 0.1) is 12.2 Å². The number of thioether (sulfide) groups is 1. The second kappa shape index (κ2) is 6.18. The molecule has 0 N–H and O–H groups in total. The average Bonchev–Trinajstić information content (AvgIpc) is 3.14. The molecule has 2 aliphatic heterocycles. The van der Waals surface area contributed by atoms with Crippen LogP contribution >= 0.6 is 11.8 Å². The van der Waals surface area contributed by atoms with Crippen LogP contribution in [0, 0.1) is 5.82 Å². The minimum absolute atomic E-state index is 0.199. The van der Waals surface area contributed by atoms with Gasteiger partial charge in [-0.1, -0.05) is 12.1 Å². The molecule has 1 aromatic carbocycles. The third-order valence-electron chi connectivity index (χ3n) is 4.59. The van der Waals surface area contributed by atoms with Crippen LogP contribution in [0.1, 0.15) is 17.2 Å². The van der Waals surface area contributed by atoms with Crippen molar-refractivity contribution in [3.05, 3.63) is 53.6 Å². The lowest BCUT2D eigenvalue weighted by molar-refractivity contribution is -0.128. The minimum atomic E-state index is -0.607. The summed E-state index contributed by atoms with van der Waals surface area (Å²) in [5.41, 5.74) is 1.41. The molecule has 0 radical (unpaired) electrons. The first-order valence-electron chi connectivity index (χ1n) is 8.01. The summed E-state index contributed by atoms with van der Waals surface area (Å²) in [6.45, 7) is 0.569. The predicted molar refractivity (Wildman–Crippen MR) is 91.5 cm³/mol. The lowest BCUT2D eigenvalue weighted by Gasteiger charge is -2.27. The van der Waals surface area contributed by atoms with Crippen LogP contribution < -0.4 is 0 Å². The Morgan fingerprint density at radius 3 is 2.64 bits per heavy atom. The molecule has 130 valence electrons. The number of urea groups is 1. The fourth-order valence-corrected chi connectivity index (χ4v) is 4.42. The van der Waals surface area contributed by atoms with E-state index in [1.54, 1.807) is 52.9 Å². The van der Waals surface area contributed by atoms with Crippen molar-refractivity contribution < 1.29 is 14.0 Å². The zero-order valence-electron chi connectivity index (χ0n) is 13.6. The van der Waals surface area contributed by atoms with Gasteiger partial charge in [0.15, 0.2) is 0 Å². The molecule has 0 bridgehead atoms. The number of nitrogens with zero attached hydrogens (tertiary/aromatic N) is 4. The van der Waals surface area contributed by atoms with E-state index in [1.807, 2.05) is 0 Å². The highest BCUT2D eigenvalue weighted by atomic mass is 32.2. The molecule has 8 heteroatoms. The number of aryl methyl sites for hydroxylation is 1. The lowest BCUT2D eigenvalue weighted by atomic mass is 10.00. The number of carbonyl (C=O) groups excluding carboxylic acids is 2. The normalized spacial score (nSPS) is 21.6. The average molecular weight is 360 g/mol. The summed E-state index contributed by atoms with van der Waals surface area (Å²) in [7, 11) is 1.78. The molecule has 2 atom stereocenters. The van der Waals surface area contributed by atoms with E-state index in [9.17, 15) is 14.0 Å². The molecule has 2 unspecified atom stereocenters. The van der Waals surface area contributed by atoms with Gasteiger partial charge in [0.25, 0.3) is 5.91 Å². The fourth-order valence-electron chi connectivity index (χ4n) is 3.39. The van der Waals surface area contributed by atoms with Crippen LogP contribution in [0.25, 0.3) is 0 Å². The Morgan fingerprint density at radius 2 is 2.00 bits per heavy atom. The number of carbonyl (C=O) groups is 2. The van der Waals surface area contributed by atoms with Gasteiger partial charge in [-0.2, -0.15) is 16.9 Å². The van der Waals surface area contributed by atoms with Crippen LogP contribution in [0.15, 0.2) is 36.7 Å². The van der Waals surface area contributed by atoms with E-state index in [2.05, 4.69) is 5.10 Å². The number of fused-ring (bicyclic) bond motifs is 1. The van der Waals surface area contributed by atoms with Crippen LogP contribution in [0.3, 0.4) is 0 Å². The van der Waals surface area contributed by atoms with Crippen LogP contribution in [0.2, 0.25) is 0 Å². The van der Waals surface area contributed by atoms with Gasteiger partial charge < -0.3 is 4.90 Å². The number of aromatic nitrogens is 2. The van der Waals surface area contributed by atoms with Gasteiger partial charge in [-0.15, -0.1) is 0 Å². The van der Waals surface area contributed by atoms with Gasteiger partial charge in [-0.05, 0) is 17.7 Å². The molecule has 3 amide bonds. The summed E-state index contributed by atoms with van der Waals surface area (Å²) < 4.78 is 15.0. The maximum Gasteiger partial charge on any atom is 0.328 e. The number of benzene rings is 1. The number of halogens is 1. The largest absolute Gasteiger partial charge is 0.328 e. The van der Waals surface area contributed by atoms with Crippen molar-refractivity contribution in [1.29, 1.82) is 0 Å². The first-order chi connectivity index (χ1) is 12.1. The highest BCUT2D eigenvalue weighted by Crippen LogP contribution is 2.36. The van der Waals surface area contributed by atoms with E-state index in [1.165, 1.54) is 17.0 Å². The molecule has 0 saturated carbocycles. The summed E-state index contributed by atoms with van der Waals surface area (Å²) in [6, 6.07) is 4.60. The molecule has 6 nitrogen and oxygen atoms in total. The quantitative estimate of drug-likeness (QED) is 0.786. The van der Waals surface area contributed by atoms with Crippen LogP contribution in [0.5, 0.6) is 0 Å². The Morgan fingerprint density at radius 1 is 1.24 bits per heavy atom. The minimum Gasteiger partial charge on any atom is -0.311 e. The smallest absolute Gasteiger partial charge is 0.311 e. The molecule has 25 heavy (non-hydrogen) atoms. The lowest BCUT2D eigenvalue weighted by Crippen LogP contribution is -2.41. The number of amides is 3. The first kappa shape index (κ1) is 16.1. The van der Waals surface area contributed by atoms with E-state index < -0.39 is 12.1 Å². The number of rotatable bonds is 3. The van der Waals surface area contributed by atoms with Crippen LogP contribution in [0.4, 0.5) is 9.18 Å². The molecule has 3 heterocycles. The van der Waals surface area contributed by atoms with Gasteiger partial charge in [-0.25, -0.2) is 9.18 Å². The van der Waals surface area contributed by atoms with Crippen molar-refractivity contribution in [2.75, 3.05) is 18.1 Å². The second-order valence-electron chi connectivity index (χ2n) is 6.18. The molecule has 0 spiro atoms. The zero-order chi connectivity index (χ0) is 17.6. The molecular formula is C17H17FN4O2S. The van der Waals surface area contributed by atoms with E-state index in [-0.39, 0.29) is 17.8 Å². The molecule has 2 fully saturated rings. The summed E-state index contributed by atoms with van der Waals surface area (Å²) >= 11 is 1.68. The molecule has 4 rings (SSSR count). The van der Waals surface area contributed by atoms with Gasteiger partial charge in [0, 0.05) is 36.9 Å². The van der Waals surface area contributed by atoms with E-state index in [4.69, 9.17) is 0 Å². The Kier molecular flexibility index (Phi) is 3.99.